The van der Waals surface area contributed by atoms with Crippen LogP contribution in [-0.4, -0.2) is 32.8 Å². The Morgan fingerprint density at radius 1 is 1.10 bits per heavy atom. The molecule has 1 aliphatic heterocycles. The van der Waals surface area contributed by atoms with Crippen molar-refractivity contribution >= 4 is 0 Å². The van der Waals surface area contributed by atoms with Crippen LogP contribution in [-0.2, 0) is 5.41 Å². The van der Waals surface area contributed by atoms with Gasteiger partial charge in [0.1, 0.15) is 0 Å². The van der Waals surface area contributed by atoms with Gasteiger partial charge in [0.15, 0.2) is 0 Å². The molecule has 114 valence electrons. The van der Waals surface area contributed by atoms with Gasteiger partial charge in [-0.3, -0.25) is 9.58 Å². The number of likely N-dealkylation sites (tertiary alicyclic amines) is 1. The minimum Gasteiger partial charge on any atom is -0.296 e. The van der Waals surface area contributed by atoms with Crippen LogP contribution in [0.15, 0.2) is 12.4 Å². The van der Waals surface area contributed by atoms with Crippen molar-refractivity contribution in [3.8, 4) is 0 Å². The molecule has 20 heavy (non-hydrogen) atoms. The van der Waals surface area contributed by atoms with Crippen LogP contribution in [0.1, 0.15) is 72.9 Å². The number of piperidine rings is 1. The molecule has 1 fully saturated rings. The van der Waals surface area contributed by atoms with Crippen LogP contribution in [0.3, 0.4) is 0 Å². The van der Waals surface area contributed by atoms with E-state index < -0.39 is 0 Å². The second-order valence-corrected chi connectivity index (χ2v) is 8.70. The zero-order valence-corrected chi connectivity index (χ0v) is 14.5. The highest BCUT2D eigenvalue weighted by Gasteiger charge is 2.43. The Hall–Kier alpha value is -0.830. The van der Waals surface area contributed by atoms with Gasteiger partial charge in [0.25, 0.3) is 0 Å². The first-order valence-corrected chi connectivity index (χ1v) is 7.72. The Kier molecular flexibility index (Phi) is 3.57. The van der Waals surface area contributed by atoms with Crippen molar-refractivity contribution in [1.82, 2.24) is 14.7 Å². The van der Waals surface area contributed by atoms with Gasteiger partial charge >= 0.3 is 0 Å². The van der Waals surface area contributed by atoms with E-state index in [0.717, 1.165) is 12.8 Å². The molecule has 2 heterocycles. The highest BCUT2D eigenvalue weighted by Crippen LogP contribution is 2.42. The van der Waals surface area contributed by atoms with E-state index in [9.17, 15) is 0 Å². The fraction of sp³-hybridized carbons (Fsp3) is 0.824. The van der Waals surface area contributed by atoms with E-state index in [1.807, 2.05) is 6.20 Å². The first-order valence-electron chi connectivity index (χ1n) is 7.72. The summed E-state index contributed by atoms with van der Waals surface area (Å²) in [6, 6.07) is 0.493. The lowest BCUT2D eigenvalue weighted by Gasteiger charge is -2.53. The molecule has 1 aliphatic rings. The molecule has 0 aromatic carbocycles. The summed E-state index contributed by atoms with van der Waals surface area (Å²) in [5.74, 6) is 0. The molecule has 0 N–H and O–H groups in total. The molecule has 2 rings (SSSR count). The van der Waals surface area contributed by atoms with Crippen LogP contribution in [0.25, 0.3) is 0 Å². The first kappa shape index (κ1) is 15.6. The summed E-state index contributed by atoms with van der Waals surface area (Å²) in [6.45, 7) is 16.1. The summed E-state index contributed by atoms with van der Waals surface area (Å²) in [5, 5.41) is 4.66. The van der Waals surface area contributed by atoms with Crippen molar-refractivity contribution < 1.29 is 0 Å². The maximum absolute atomic E-state index is 4.66. The average molecular weight is 277 g/mol. The Morgan fingerprint density at radius 3 is 2.00 bits per heavy atom. The maximum atomic E-state index is 4.66. The van der Waals surface area contributed by atoms with Crippen molar-refractivity contribution in [2.24, 2.45) is 0 Å². The molecule has 0 unspecified atom stereocenters. The smallest absolute Gasteiger partial charge is 0.0554 e. The molecule has 0 spiro atoms. The third-order valence-corrected chi connectivity index (χ3v) is 5.13. The predicted octanol–water partition coefficient (Wildman–Crippen LogP) is 4.00. The zero-order valence-electron chi connectivity index (χ0n) is 14.5. The van der Waals surface area contributed by atoms with Crippen LogP contribution in [0.2, 0.25) is 0 Å². The van der Waals surface area contributed by atoms with Crippen LogP contribution < -0.4 is 0 Å². The van der Waals surface area contributed by atoms with Gasteiger partial charge in [-0.2, -0.15) is 5.10 Å². The van der Waals surface area contributed by atoms with Gasteiger partial charge in [0, 0.05) is 17.3 Å². The Bertz CT molecular complexity index is 459. The van der Waals surface area contributed by atoms with Gasteiger partial charge in [-0.1, -0.05) is 20.8 Å². The van der Waals surface area contributed by atoms with E-state index in [0.29, 0.717) is 6.04 Å². The fourth-order valence-electron chi connectivity index (χ4n) is 3.43. The van der Waals surface area contributed by atoms with E-state index in [1.54, 1.807) is 0 Å². The molecule has 1 saturated heterocycles. The Morgan fingerprint density at radius 2 is 1.60 bits per heavy atom. The highest BCUT2D eigenvalue weighted by atomic mass is 15.3. The second-order valence-electron chi connectivity index (χ2n) is 8.70. The van der Waals surface area contributed by atoms with Gasteiger partial charge in [0.2, 0.25) is 0 Å². The van der Waals surface area contributed by atoms with E-state index in [-0.39, 0.29) is 16.5 Å². The summed E-state index contributed by atoms with van der Waals surface area (Å²) in [7, 11) is 2.25. The van der Waals surface area contributed by atoms with Crippen molar-refractivity contribution in [3.63, 3.8) is 0 Å². The molecule has 3 nitrogen and oxygen atoms in total. The topological polar surface area (TPSA) is 21.1 Å². The molecular weight excluding hydrogens is 246 g/mol. The molecule has 0 radical (unpaired) electrons. The van der Waals surface area contributed by atoms with Gasteiger partial charge in [-0.25, -0.2) is 0 Å². The molecule has 0 atom stereocenters. The summed E-state index contributed by atoms with van der Waals surface area (Å²) in [5.41, 5.74) is 1.92. The summed E-state index contributed by atoms with van der Waals surface area (Å²) >= 11 is 0. The Labute approximate surface area is 124 Å². The van der Waals surface area contributed by atoms with Crippen LogP contribution in [0.4, 0.5) is 0 Å². The highest BCUT2D eigenvalue weighted by molar-refractivity contribution is 5.16. The quantitative estimate of drug-likeness (QED) is 0.773. The predicted molar refractivity (Wildman–Crippen MR) is 85.1 cm³/mol. The van der Waals surface area contributed by atoms with Crippen molar-refractivity contribution in [1.29, 1.82) is 0 Å². The van der Waals surface area contributed by atoms with Crippen LogP contribution in [0.5, 0.6) is 0 Å². The molecule has 3 heteroatoms. The third-order valence-electron chi connectivity index (χ3n) is 5.13. The minimum absolute atomic E-state index is 0.175. The SMILES string of the molecule is CN1C(C)(C)CC(n2cc(C(C)(C)C)cn2)CC1(C)C. The van der Waals surface area contributed by atoms with E-state index >= 15 is 0 Å². The van der Waals surface area contributed by atoms with Crippen LogP contribution >= 0.6 is 0 Å². The van der Waals surface area contributed by atoms with E-state index in [4.69, 9.17) is 0 Å². The largest absolute Gasteiger partial charge is 0.296 e. The normalized spacial score (nSPS) is 24.0. The molecule has 0 bridgehead atoms. The standard InChI is InChI=1S/C17H31N3/c1-15(2,3)13-11-18-20(12-13)14-9-16(4,5)19(8)17(6,7)10-14/h11-12,14H,9-10H2,1-8H3. The number of aromatic nitrogens is 2. The molecule has 0 saturated carbocycles. The third kappa shape index (κ3) is 2.78. The number of nitrogens with zero attached hydrogens (tertiary/aromatic N) is 3. The van der Waals surface area contributed by atoms with Gasteiger partial charge < -0.3 is 0 Å². The monoisotopic (exact) mass is 277 g/mol. The summed E-state index contributed by atoms with van der Waals surface area (Å²) in [4.78, 5) is 2.52. The molecule has 1 aromatic rings. The second kappa shape index (κ2) is 4.59. The lowest BCUT2D eigenvalue weighted by atomic mass is 9.77. The molecule has 1 aromatic heterocycles. The van der Waals surface area contributed by atoms with Gasteiger partial charge in [-0.05, 0) is 58.6 Å². The first-order chi connectivity index (χ1) is 8.93. The van der Waals surface area contributed by atoms with Crippen molar-refractivity contribution in [2.75, 3.05) is 7.05 Å². The number of hydrogen-bond donors (Lipinski definition) is 0. The number of hydrogen-bond acceptors (Lipinski definition) is 2. The zero-order chi connectivity index (χ0) is 15.3. The Balaban J connectivity index is 2.28. The van der Waals surface area contributed by atoms with Crippen molar-refractivity contribution in [3.05, 3.63) is 18.0 Å². The van der Waals surface area contributed by atoms with Gasteiger partial charge in [0.05, 0.1) is 12.2 Å². The van der Waals surface area contributed by atoms with Crippen molar-refractivity contribution in [2.45, 2.75) is 83.8 Å². The van der Waals surface area contributed by atoms with E-state index in [2.05, 4.69) is 76.4 Å². The fourth-order valence-corrected chi connectivity index (χ4v) is 3.43. The number of rotatable bonds is 1. The molecule has 0 aliphatic carbocycles. The minimum atomic E-state index is 0.175. The van der Waals surface area contributed by atoms with Crippen LogP contribution in [0, 0.1) is 0 Å². The van der Waals surface area contributed by atoms with E-state index in [1.165, 1.54) is 5.56 Å². The molecule has 0 amide bonds. The lowest BCUT2D eigenvalue weighted by Crippen LogP contribution is -2.58. The maximum Gasteiger partial charge on any atom is 0.0554 e. The lowest BCUT2D eigenvalue weighted by molar-refractivity contribution is -0.0285. The summed E-state index contributed by atoms with van der Waals surface area (Å²) < 4.78 is 2.21. The van der Waals surface area contributed by atoms with Gasteiger partial charge in [-0.15, -0.1) is 0 Å². The molecular formula is C17H31N3. The summed E-state index contributed by atoms with van der Waals surface area (Å²) in [6.07, 6.45) is 6.59. The average Bonchev–Trinajstić information content (AvgIpc) is 2.73.